The summed E-state index contributed by atoms with van der Waals surface area (Å²) in [5.41, 5.74) is 0. The van der Waals surface area contributed by atoms with E-state index in [1.807, 2.05) is 35.2 Å². The number of para-hydroxylation sites is 1. The zero-order valence-corrected chi connectivity index (χ0v) is 20.0. The van der Waals surface area contributed by atoms with Gasteiger partial charge in [0.05, 0.1) is 6.54 Å². The first-order valence-corrected chi connectivity index (χ1v) is 12.7. The Labute approximate surface area is 197 Å². The zero-order valence-electron chi connectivity index (χ0n) is 18.4. The summed E-state index contributed by atoms with van der Waals surface area (Å²) >= 11 is 1.18. The second-order valence-electron chi connectivity index (χ2n) is 7.55. The summed E-state index contributed by atoms with van der Waals surface area (Å²) in [4.78, 5) is 22.8. The number of ether oxygens (including phenoxy) is 1. The number of aryl methyl sites for hydroxylation is 1. The number of carbonyl (C=O) groups excluding carboxylic acids is 1. The van der Waals surface area contributed by atoms with Crippen molar-refractivity contribution in [3.8, 4) is 11.6 Å². The third-order valence-electron chi connectivity index (χ3n) is 5.07. The van der Waals surface area contributed by atoms with Crippen molar-refractivity contribution in [3.63, 3.8) is 0 Å². The normalized spacial score (nSPS) is 14.8. The van der Waals surface area contributed by atoms with Gasteiger partial charge in [-0.2, -0.15) is 9.29 Å². The van der Waals surface area contributed by atoms with Crippen molar-refractivity contribution in [2.75, 3.05) is 31.1 Å². The van der Waals surface area contributed by atoms with Gasteiger partial charge in [0, 0.05) is 44.0 Å². The van der Waals surface area contributed by atoms with E-state index < -0.39 is 10.0 Å². The molecular formula is C22H25N5O4S2. The van der Waals surface area contributed by atoms with Crippen LogP contribution in [0.3, 0.4) is 0 Å². The van der Waals surface area contributed by atoms with Crippen molar-refractivity contribution in [1.82, 2.24) is 19.6 Å². The third kappa shape index (κ3) is 5.67. The second kappa shape index (κ2) is 9.86. The lowest BCUT2D eigenvalue weighted by atomic mass is 10.3. The minimum atomic E-state index is -3.59. The Morgan fingerprint density at radius 1 is 1.09 bits per heavy atom. The first-order chi connectivity index (χ1) is 15.8. The van der Waals surface area contributed by atoms with E-state index in [4.69, 9.17) is 4.74 Å². The van der Waals surface area contributed by atoms with Gasteiger partial charge in [0.25, 0.3) is 10.0 Å². The van der Waals surface area contributed by atoms with Gasteiger partial charge in [0.1, 0.15) is 21.6 Å². The Morgan fingerprint density at radius 2 is 1.82 bits per heavy atom. The van der Waals surface area contributed by atoms with Gasteiger partial charge < -0.3 is 15.0 Å². The van der Waals surface area contributed by atoms with Gasteiger partial charge in [-0.25, -0.2) is 13.4 Å². The van der Waals surface area contributed by atoms with Crippen LogP contribution >= 0.6 is 11.3 Å². The van der Waals surface area contributed by atoms with Gasteiger partial charge in [-0.3, -0.25) is 4.79 Å². The Kier molecular flexibility index (Phi) is 6.91. The van der Waals surface area contributed by atoms with Crippen LogP contribution in [0.25, 0.3) is 0 Å². The smallest absolute Gasteiger partial charge is 0.252 e. The summed E-state index contributed by atoms with van der Waals surface area (Å²) in [5.74, 6) is 2.27. The van der Waals surface area contributed by atoms with Gasteiger partial charge in [-0.15, -0.1) is 11.3 Å². The van der Waals surface area contributed by atoms with Crippen molar-refractivity contribution in [2.45, 2.75) is 24.6 Å². The van der Waals surface area contributed by atoms with Crippen molar-refractivity contribution < 1.29 is 17.9 Å². The van der Waals surface area contributed by atoms with Crippen LogP contribution in [-0.2, 0) is 21.4 Å². The first-order valence-electron chi connectivity index (χ1n) is 10.5. The number of aromatic nitrogens is 2. The lowest BCUT2D eigenvalue weighted by Gasteiger charge is -2.34. The molecule has 3 heterocycles. The maximum atomic E-state index is 13.1. The van der Waals surface area contributed by atoms with E-state index in [0.29, 0.717) is 56.0 Å². The number of thiophene rings is 1. The summed E-state index contributed by atoms with van der Waals surface area (Å²) in [7, 11) is -3.59. The summed E-state index contributed by atoms with van der Waals surface area (Å²) < 4.78 is 33.8. The Balaban J connectivity index is 1.42. The predicted molar refractivity (Wildman–Crippen MR) is 126 cm³/mol. The molecule has 0 saturated carbocycles. The van der Waals surface area contributed by atoms with E-state index in [1.54, 1.807) is 25.1 Å². The summed E-state index contributed by atoms with van der Waals surface area (Å²) in [5, 5.41) is 2.69. The molecule has 0 unspecified atom stereocenters. The molecule has 0 bridgehead atoms. The monoisotopic (exact) mass is 487 g/mol. The predicted octanol–water partition coefficient (Wildman–Crippen LogP) is 2.79. The van der Waals surface area contributed by atoms with E-state index in [9.17, 15) is 13.2 Å². The maximum absolute atomic E-state index is 13.1. The summed E-state index contributed by atoms with van der Waals surface area (Å²) in [6, 6.07) is 14.5. The number of piperazine rings is 1. The Hall–Kier alpha value is -3.02. The van der Waals surface area contributed by atoms with Gasteiger partial charge >= 0.3 is 0 Å². The molecule has 33 heavy (non-hydrogen) atoms. The molecule has 0 aliphatic carbocycles. The van der Waals surface area contributed by atoms with E-state index >= 15 is 0 Å². The van der Waals surface area contributed by atoms with Crippen LogP contribution in [0.2, 0.25) is 0 Å². The van der Waals surface area contributed by atoms with Crippen LogP contribution in [-0.4, -0.2) is 54.8 Å². The number of nitrogens with one attached hydrogen (secondary N) is 1. The highest BCUT2D eigenvalue weighted by molar-refractivity contribution is 7.91. The summed E-state index contributed by atoms with van der Waals surface area (Å²) in [6.07, 6.45) is 0. The number of rotatable bonds is 7. The highest BCUT2D eigenvalue weighted by Crippen LogP contribution is 2.28. The number of hydrogen-bond donors (Lipinski definition) is 1. The molecule has 1 saturated heterocycles. The number of anilines is 1. The lowest BCUT2D eigenvalue weighted by molar-refractivity contribution is -0.119. The molecule has 0 spiro atoms. The first kappa shape index (κ1) is 23.1. The van der Waals surface area contributed by atoms with Crippen LogP contribution < -0.4 is 15.0 Å². The molecule has 1 aliphatic rings. The molecule has 1 amide bonds. The number of benzene rings is 1. The Bertz CT molecular complexity index is 1220. The molecule has 1 aromatic carbocycles. The molecular weight excluding hydrogens is 462 g/mol. The number of hydrogen-bond acceptors (Lipinski definition) is 8. The second-order valence-corrected chi connectivity index (χ2v) is 10.9. The molecule has 1 N–H and O–H groups in total. The molecule has 9 nitrogen and oxygen atoms in total. The Morgan fingerprint density at radius 3 is 2.52 bits per heavy atom. The maximum Gasteiger partial charge on any atom is 0.252 e. The minimum absolute atomic E-state index is 0.152. The highest BCUT2D eigenvalue weighted by atomic mass is 32.2. The fourth-order valence-electron chi connectivity index (χ4n) is 3.44. The fraction of sp³-hybridized carbons (Fsp3) is 0.318. The highest BCUT2D eigenvalue weighted by Gasteiger charge is 2.30. The van der Waals surface area contributed by atoms with E-state index in [2.05, 4.69) is 15.3 Å². The van der Waals surface area contributed by atoms with Gasteiger partial charge in [0.15, 0.2) is 0 Å². The van der Waals surface area contributed by atoms with Crippen molar-refractivity contribution in [3.05, 3.63) is 59.2 Å². The quantitative estimate of drug-likeness (QED) is 0.546. The number of nitrogens with zero attached hydrogens (tertiary/aromatic N) is 4. The largest absolute Gasteiger partial charge is 0.439 e. The average molecular weight is 488 g/mol. The fourth-order valence-corrected chi connectivity index (χ4v) is 6.31. The number of carbonyl (C=O) groups is 1. The van der Waals surface area contributed by atoms with Gasteiger partial charge in [-0.05, 0) is 31.2 Å². The van der Waals surface area contributed by atoms with Crippen molar-refractivity contribution in [1.29, 1.82) is 0 Å². The number of sulfonamides is 1. The van der Waals surface area contributed by atoms with Crippen LogP contribution in [0.5, 0.6) is 11.6 Å². The minimum Gasteiger partial charge on any atom is -0.439 e. The average Bonchev–Trinajstić information content (AvgIpc) is 3.28. The molecule has 174 valence electrons. The molecule has 2 aromatic heterocycles. The van der Waals surface area contributed by atoms with E-state index in [-0.39, 0.29) is 10.1 Å². The topological polar surface area (TPSA) is 105 Å². The van der Waals surface area contributed by atoms with Crippen molar-refractivity contribution >= 4 is 33.1 Å². The molecule has 11 heteroatoms. The van der Waals surface area contributed by atoms with Crippen molar-refractivity contribution in [2.24, 2.45) is 0 Å². The molecule has 1 aliphatic heterocycles. The van der Waals surface area contributed by atoms with E-state index in [1.165, 1.54) is 22.6 Å². The molecule has 0 radical (unpaired) electrons. The molecule has 1 fully saturated rings. The van der Waals surface area contributed by atoms with Gasteiger partial charge in [0.2, 0.25) is 11.8 Å². The number of amides is 1. The van der Waals surface area contributed by atoms with Crippen LogP contribution in [0.4, 0.5) is 5.82 Å². The third-order valence-corrected chi connectivity index (χ3v) is 8.52. The SMILES string of the molecule is CC(=O)NCc1ccc(S(=O)(=O)N2CCN(c3cc(Oc4ccccc4)nc(C)n3)CC2)s1. The van der Waals surface area contributed by atoms with Crippen LogP contribution in [0.1, 0.15) is 17.6 Å². The molecule has 3 aromatic rings. The van der Waals surface area contributed by atoms with Gasteiger partial charge in [-0.1, -0.05) is 18.2 Å². The lowest BCUT2D eigenvalue weighted by Crippen LogP contribution is -2.48. The van der Waals surface area contributed by atoms with E-state index in [0.717, 1.165) is 4.88 Å². The zero-order chi connectivity index (χ0) is 23.4. The van der Waals surface area contributed by atoms with Crippen LogP contribution in [0.15, 0.2) is 52.7 Å². The molecule has 0 atom stereocenters. The summed E-state index contributed by atoms with van der Waals surface area (Å²) in [6.45, 7) is 5.26. The standard InChI is InChI=1S/C22H25N5O4S2/c1-16-24-20(14-21(25-16)31-18-6-4-3-5-7-18)26-10-12-27(13-11-26)33(29,30)22-9-8-19(32-22)15-23-17(2)28/h3-9,14H,10-13,15H2,1-2H3,(H,23,28). The van der Waals surface area contributed by atoms with Crippen LogP contribution in [0, 0.1) is 6.92 Å². The molecule has 4 rings (SSSR count).